The smallest absolute Gasteiger partial charge is 0.187 e. The second-order valence-electron chi connectivity index (χ2n) is 4.40. The lowest BCUT2D eigenvalue weighted by atomic mass is 10.1. The van der Waals surface area contributed by atoms with Crippen LogP contribution in [0.25, 0.3) is 11.3 Å². The summed E-state index contributed by atoms with van der Waals surface area (Å²) in [5.41, 5.74) is 4.50. The molecule has 0 unspecified atom stereocenters. The summed E-state index contributed by atoms with van der Waals surface area (Å²) in [4.78, 5) is 4.62. The number of hydrogen-bond acceptors (Lipinski definition) is 3. The van der Waals surface area contributed by atoms with E-state index in [9.17, 15) is 0 Å². The highest BCUT2D eigenvalue weighted by Crippen LogP contribution is 2.27. The van der Waals surface area contributed by atoms with Gasteiger partial charge in [0.25, 0.3) is 0 Å². The normalized spacial score (nSPS) is 10.4. The number of anilines is 2. The van der Waals surface area contributed by atoms with Crippen LogP contribution in [0.3, 0.4) is 0 Å². The van der Waals surface area contributed by atoms with E-state index in [0.717, 1.165) is 22.1 Å². The van der Waals surface area contributed by atoms with E-state index < -0.39 is 0 Å². The monoisotopic (exact) mass is 266 g/mol. The molecule has 2 aromatic carbocycles. The molecule has 19 heavy (non-hydrogen) atoms. The molecule has 1 aromatic heterocycles. The van der Waals surface area contributed by atoms with Crippen LogP contribution in [-0.4, -0.2) is 4.98 Å². The Labute approximate surface area is 116 Å². The molecule has 0 aliphatic heterocycles. The van der Waals surface area contributed by atoms with Crippen molar-refractivity contribution in [1.82, 2.24) is 4.98 Å². The molecule has 94 valence electrons. The van der Waals surface area contributed by atoms with Gasteiger partial charge in [-0.25, -0.2) is 4.98 Å². The molecule has 3 heteroatoms. The average Bonchev–Trinajstić information content (AvgIpc) is 2.88. The van der Waals surface area contributed by atoms with Crippen LogP contribution < -0.4 is 5.32 Å². The topological polar surface area (TPSA) is 24.9 Å². The van der Waals surface area contributed by atoms with Crippen molar-refractivity contribution in [2.75, 3.05) is 5.32 Å². The number of aryl methyl sites for hydroxylation is 1. The molecule has 0 fully saturated rings. The minimum absolute atomic E-state index is 0.919. The van der Waals surface area contributed by atoms with E-state index in [1.54, 1.807) is 11.3 Å². The van der Waals surface area contributed by atoms with Crippen LogP contribution in [0.15, 0.2) is 60.0 Å². The lowest BCUT2D eigenvalue weighted by molar-refractivity contribution is 1.37. The largest absolute Gasteiger partial charge is 0.332 e. The van der Waals surface area contributed by atoms with Gasteiger partial charge in [-0.2, -0.15) is 0 Å². The van der Waals surface area contributed by atoms with Gasteiger partial charge in [-0.15, -0.1) is 11.3 Å². The van der Waals surface area contributed by atoms with Crippen molar-refractivity contribution >= 4 is 22.2 Å². The predicted octanol–water partition coefficient (Wildman–Crippen LogP) is 4.86. The summed E-state index contributed by atoms with van der Waals surface area (Å²) in [5.74, 6) is 0. The molecule has 0 radical (unpaired) electrons. The summed E-state index contributed by atoms with van der Waals surface area (Å²) >= 11 is 1.62. The van der Waals surface area contributed by atoms with Gasteiger partial charge in [0.2, 0.25) is 0 Å². The second-order valence-corrected chi connectivity index (χ2v) is 5.26. The summed E-state index contributed by atoms with van der Waals surface area (Å²) in [5, 5.41) is 6.32. The molecule has 1 heterocycles. The van der Waals surface area contributed by atoms with Crippen LogP contribution in [-0.2, 0) is 0 Å². The van der Waals surface area contributed by atoms with Crippen LogP contribution >= 0.6 is 11.3 Å². The van der Waals surface area contributed by atoms with Gasteiger partial charge in [-0.1, -0.05) is 42.0 Å². The van der Waals surface area contributed by atoms with Crippen molar-refractivity contribution in [3.63, 3.8) is 0 Å². The minimum atomic E-state index is 0.919. The van der Waals surface area contributed by atoms with Crippen molar-refractivity contribution in [1.29, 1.82) is 0 Å². The van der Waals surface area contributed by atoms with Gasteiger partial charge in [0, 0.05) is 16.6 Å². The van der Waals surface area contributed by atoms with Crippen molar-refractivity contribution in [3.8, 4) is 11.3 Å². The van der Waals surface area contributed by atoms with E-state index in [-0.39, 0.29) is 0 Å². The molecule has 0 aliphatic rings. The first-order valence-electron chi connectivity index (χ1n) is 6.16. The minimum Gasteiger partial charge on any atom is -0.332 e. The number of nitrogens with one attached hydrogen (secondary N) is 1. The summed E-state index contributed by atoms with van der Waals surface area (Å²) in [6.07, 6.45) is 0. The molecule has 0 saturated carbocycles. The summed E-state index contributed by atoms with van der Waals surface area (Å²) in [7, 11) is 0. The molecule has 0 amide bonds. The standard InChI is InChI=1S/C16H14N2S/c1-12-6-5-7-13(10-12)15-11-19-16(18-15)17-14-8-3-2-4-9-14/h2-11H,1H3,(H,17,18). The zero-order valence-electron chi connectivity index (χ0n) is 10.6. The van der Waals surface area contributed by atoms with E-state index in [1.807, 2.05) is 30.3 Å². The predicted molar refractivity (Wildman–Crippen MR) is 82.0 cm³/mol. The quantitative estimate of drug-likeness (QED) is 0.732. The van der Waals surface area contributed by atoms with Crippen molar-refractivity contribution in [3.05, 3.63) is 65.5 Å². The van der Waals surface area contributed by atoms with Gasteiger partial charge in [0.05, 0.1) is 5.69 Å². The molecule has 2 nitrogen and oxygen atoms in total. The molecule has 1 N–H and O–H groups in total. The highest BCUT2D eigenvalue weighted by molar-refractivity contribution is 7.14. The van der Waals surface area contributed by atoms with Crippen LogP contribution in [0.2, 0.25) is 0 Å². The molecule has 0 saturated heterocycles. The van der Waals surface area contributed by atoms with E-state index >= 15 is 0 Å². The number of thiazole rings is 1. The molecular formula is C16H14N2S. The number of hydrogen-bond donors (Lipinski definition) is 1. The first-order valence-corrected chi connectivity index (χ1v) is 7.04. The Balaban J connectivity index is 1.84. The molecule has 0 aliphatic carbocycles. The first kappa shape index (κ1) is 11.9. The van der Waals surface area contributed by atoms with E-state index in [4.69, 9.17) is 0 Å². The SMILES string of the molecule is Cc1cccc(-c2csc(Nc3ccccc3)n2)c1. The maximum Gasteiger partial charge on any atom is 0.187 e. The van der Waals surface area contributed by atoms with E-state index in [1.165, 1.54) is 5.56 Å². The molecule has 0 spiro atoms. The van der Waals surface area contributed by atoms with Gasteiger partial charge in [-0.05, 0) is 25.1 Å². The second kappa shape index (κ2) is 5.24. The third-order valence-electron chi connectivity index (χ3n) is 2.84. The lowest BCUT2D eigenvalue weighted by Gasteiger charge is -2.01. The Bertz CT molecular complexity index is 674. The van der Waals surface area contributed by atoms with Crippen molar-refractivity contribution in [2.45, 2.75) is 6.92 Å². The number of nitrogens with zero attached hydrogens (tertiary/aromatic N) is 1. The fourth-order valence-electron chi connectivity index (χ4n) is 1.91. The highest BCUT2D eigenvalue weighted by Gasteiger charge is 2.04. The molecule has 3 aromatic rings. The maximum atomic E-state index is 4.62. The Morgan fingerprint density at radius 2 is 1.84 bits per heavy atom. The first-order chi connectivity index (χ1) is 9.31. The van der Waals surface area contributed by atoms with Crippen LogP contribution in [0.5, 0.6) is 0 Å². The fraction of sp³-hybridized carbons (Fsp3) is 0.0625. The molecular weight excluding hydrogens is 252 g/mol. The Kier molecular flexibility index (Phi) is 3.29. The number of rotatable bonds is 3. The Morgan fingerprint density at radius 3 is 2.63 bits per heavy atom. The van der Waals surface area contributed by atoms with Crippen LogP contribution in [0.1, 0.15) is 5.56 Å². The third kappa shape index (κ3) is 2.83. The number of benzene rings is 2. The zero-order valence-corrected chi connectivity index (χ0v) is 11.4. The molecule has 0 bridgehead atoms. The fourth-order valence-corrected chi connectivity index (χ4v) is 2.65. The summed E-state index contributed by atoms with van der Waals surface area (Å²) < 4.78 is 0. The van der Waals surface area contributed by atoms with Gasteiger partial charge >= 0.3 is 0 Å². The molecule has 3 rings (SSSR count). The van der Waals surface area contributed by atoms with Crippen molar-refractivity contribution < 1.29 is 0 Å². The Hall–Kier alpha value is -2.13. The summed E-state index contributed by atoms with van der Waals surface area (Å²) in [6.45, 7) is 2.10. The van der Waals surface area contributed by atoms with Gasteiger partial charge in [0.15, 0.2) is 5.13 Å². The van der Waals surface area contributed by atoms with E-state index in [2.05, 4.69) is 46.9 Å². The summed E-state index contributed by atoms with van der Waals surface area (Å²) in [6, 6.07) is 18.5. The maximum absolute atomic E-state index is 4.62. The van der Waals surface area contributed by atoms with Gasteiger partial charge < -0.3 is 5.32 Å². The van der Waals surface area contributed by atoms with Gasteiger partial charge in [-0.3, -0.25) is 0 Å². The average molecular weight is 266 g/mol. The highest BCUT2D eigenvalue weighted by atomic mass is 32.1. The number of aromatic nitrogens is 1. The van der Waals surface area contributed by atoms with Crippen LogP contribution in [0, 0.1) is 6.92 Å². The Morgan fingerprint density at radius 1 is 1.00 bits per heavy atom. The van der Waals surface area contributed by atoms with Crippen LogP contribution in [0.4, 0.5) is 10.8 Å². The zero-order chi connectivity index (χ0) is 13.1. The third-order valence-corrected chi connectivity index (χ3v) is 3.60. The van der Waals surface area contributed by atoms with Gasteiger partial charge in [0.1, 0.15) is 0 Å². The lowest BCUT2D eigenvalue weighted by Crippen LogP contribution is -1.88. The number of para-hydroxylation sites is 1. The van der Waals surface area contributed by atoms with E-state index in [0.29, 0.717) is 0 Å². The van der Waals surface area contributed by atoms with Crippen molar-refractivity contribution in [2.24, 2.45) is 0 Å². The molecule has 0 atom stereocenters.